The van der Waals surface area contributed by atoms with Crippen LogP contribution in [0.4, 0.5) is 0 Å². The molecule has 0 saturated carbocycles. The fourth-order valence-electron chi connectivity index (χ4n) is 2.13. The molecule has 0 aliphatic rings. The van der Waals surface area contributed by atoms with Crippen molar-refractivity contribution in [3.63, 3.8) is 0 Å². The predicted molar refractivity (Wildman–Crippen MR) is 105 cm³/mol. The van der Waals surface area contributed by atoms with Crippen LogP contribution in [0.5, 0.6) is 5.75 Å². The molecule has 2 heterocycles. The summed E-state index contributed by atoms with van der Waals surface area (Å²) in [5, 5.41) is 4.76. The molecule has 3 rings (SSSR count). The van der Waals surface area contributed by atoms with Gasteiger partial charge in [0, 0.05) is 10.8 Å². The molecule has 0 atom stereocenters. The van der Waals surface area contributed by atoms with Crippen LogP contribution in [0.1, 0.15) is 39.3 Å². The van der Waals surface area contributed by atoms with Gasteiger partial charge >= 0.3 is 0 Å². The van der Waals surface area contributed by atoms with Gasteiger partial charge in [-0.2, -0.15) is 0 Å². The van der Waals surface area contributed by atoms with Crippen molar-refractivity contribution < 1.29 is 4.74 Å². The minimum Gasteiger partial charge on any atom is -0.495 e. The van der Waals surface area contributed by atoms with E-state index >= 15 is 0 Å². The lowest BCUT2D eigenvalue weighted by Crippen LogP contribution is -1.91. The quantitative estimate of drug-likeness (QED) is 0.498. The van der Waals surface area contributed by atoms with Crippen molar-refractivity contribution in [3.8, 4) is 16.5 Å². The summed E-state index contributed by atoms with van der Waals surface area (Å²) in [6.07, 6.45) is 0. The summed E-state index contributed by atoms with van der Waals surface area (Å²) in [5.74, 6) is 0.960. The number of thiazole rings is 1. The molecule has 6 heteroatoms. The average Bonchev–Trinajstić information content (AvgIpc) is 3.08. The van der Waals surface area contributed by atoms with Gasteiger partial charge in [0.25, 0.3) is 0 Å². The molecule has 24 heavy (non-hydrogen) atoms. The lowest BCUT2D eigenvalue weighted by molar-refractivity contribution is 0.415. The number of halogens is 2. The maximum absolute atomic E-state index is 6.39. The Labute approximate surface area is 156 Å². The number of methoxy groups -OCH3 is 1. The first-order valence-corrected chi connectivity index (χ1v) is 9.43. The molecule has 3 aromatic rings. The van der Waals surface area contributed by atoms with Gasteiger partial charge in [-0.3, -0.25) is 0 Å². The van der Waals surface area contributed by atoms with Crippen LogP contribution in [-0.2, 0) is 0 Å². The second-order valence-electron chi connectivity index (χ2n) is 5.20. The van der Waals surface area contributed by atoms with E-state index in [9.17, 15) is 0 Å². The third kappa shape index (κ3) is 3.66. The molecule has 0 N–H and O–H groups in total. The van der Waals surface area contributed by atoms with Crippen molar-refractivity contribution in [3.05, 3.63) is 39.3 Å². The zero-order valence-corrected chi connectivity index (χ0v) is 16.7. The molecule has 0 saturated heterocycles. The lowest BCUT2D eigenvalue weighted by Gasteiger charge is -2.08. The van der Waals surface area contributed by atoms with Crippen molar-refractivity contribution in [1.29, 1.82) is 0 Å². The van der Waals surface area contributed by atoms with Crippen LogP contribution in [0, 0.1) is 0 Å². The molecule has 0 aliphatic carbocycles. The zero-order chi connectivity index (χ0) is 17.9. The Kier molecular flexibility index (Phi) is 6.44. The van der Waals surface area contributed by atoms with E-state index in [1.165, 1.54) is 0 Å². The zero-order valence-electron chi connectivity index (χ0n) is 14.4. The molecule has 0 amide bonds. The first kappa shape index (κ1) is 19.0. The molecule has 0 radical (unpaired) electrons. The lowest BCUT2D eigenvalue weighted by atomic mass is 10.1. The number of benzene rings is 1. The minimum absolute atomic E-state index is 0.379. The van der Waals surface area contributed by atoms with E-state index in [0.29, 0.717) is 27.2 Å². The highest BCUT2D eigenvalue weighted by molar-refractivity contribution is 7.13. The molecule has 128 valence electrons. The number of aromatic nitrogens is 2. The van der Waals surface area contributed by atoms with Crippen molar-refractivity contribution in [2.75, 3.05) is 7.11 Å². The number of pyridine rings is 1. The van der Waals surface area contributed by atoms with E-state index in [1.54, 1.807) is 24.5 Å². The van der Waals surface area contributed by atoms with Gasteiger partial charge < -0.3 is 4.74 Å². The summed E-state index contributed by atoms with van der Waals surface area (Å²) >= 11 is 14.3. The second kappa shape index (κ2) is 8.15. The third-order valence-corrected chi connectivity index (χ3v) is 4.95. The molecule has 0 aliphatic heterocycles. The van der Waals surface area contributed by atoms with E-state index in [2.05, 4.69) is 23.8 Å². The fourth-order valence-corrected chi connectivity index (χ4v) is 3.62. The Morgan fingerprint density at radius 3 is 2.42 bits per heavy atom. The first-order valence-electron chi connectivity index (χ1n) is 7.79. The number of hydrogen-bond acceptors (Lipinski definition) is 4. The Balaban J connectivity index is 0.00000100. The van der Waals surface area contributed by atoms with Gasteiger partial charge in [-0.15, -0.1) is 11.3 Å². The maximum Gasteiger partial charge on any atom is 0.142 e. The van der Waals surface area contributed by atoms with Crippen molar-refractivity contribution in [2.45, 2.75) is 33.6 Å². The van der Waals surface area contributed by atoms with Gasteiger partial charge in [-0.1, -0.05) is 50.9 Å². The van der Waals surface area contributed by atoms with Gasteiger partial charge in [0.2, 0.25) is 0 Å². The highest BCUT2D eigenvalue weighted by Gasteiger charge is 2.15. The van der Waals surface area contributed by atoms with Crippen LogP contribution >= 0.6 is 34.5 Å². The summed E-state index contributed by atoms with van der Waals surface area (Å²) in [6.45, 7) is 8.22. The monoisotopic (exact) mass is 382 g/mol. The first-order chi connectivity index (χ1) is 11.5. The highest BCUT2D eigenvalue weighted by atomic mass is 35.5. The standard InChI is InChI=1S/C16H14Cl2N2OS.C2H6/c1-8(2)12-7-22-16(20-12)11-6-10(17)9-4-5-13(21-3)14(18)15(9)19-11;1-2/h4-8H,1-3H3;1-2H3. The average molecular weight is 383 g/mol. The molecule has 3 nitrogen and oxygen atoms in total. The van der Waals surface area contributed by atoms with E-state index in [4.69, 9.17) is 27.9 Å². The number of rotatable bonds is 3. The third-order valence-electron chi connectivity index (χ3n) is 3.39. The van der Waals surface area contributed by atoms with E-state index < -0.39 is 0 Å². The van der Waals surface area contributed by atoms with Gasteiger partial charge in [0.1, 0.15) is 21.5 Å². The fraction of sp³-hybridized carbons (Fsp3) is 0.333. The number of hydrogen-bond donors (Lipinski definition) is 0. The Bertz CT molecular complexity index is 846. The number of ether oxygens (including phenoxy) is 1. The largest absolute Gasteiger partial charge is 0.495 e. The molecular weight excluding hydrogens is 363 g/mol. The van der Waals surface area contributed by atoms with Crippen molar-refractivity contribution in [2.24, 2.45) is 0 Å². The predicted octanol–water partition coefficient (Wildman–Crippen LogP) is 6.82. The van der Waals surface area contributed by atoms with Crippen LogP contribution < -0.4 is 4.74 Å². The minimum atomic E-state index is 0.379. The van der Waals surface area contributed by atoms with E-state index in [1.807, 2.05) is 31.4 Å². The van der Waals surface area contributed by atoms with Crippen LogP contribution in [-0.4, -0.2) is 17.1 Å². The van der Waals surface area contributed by atoms with Crippen LogP contribution in [0.2, 0.25) is 10.0 Å². The van der Waals surface area contributed by atoms with Gasteiger partial charge in [0.15, 0.2) is 0 Å². The highest BCUT2D eigenvalue weighted by Crippen LogP contribution is 2.37. The topological polar surface area (TPSA) is 35.0 Å². The van der Waals surface area contributed by atoms with Crippen LogP contribution in [0.3, 0.4) is 0 Å². The summed E-state index contributed by atoms with van der Waals surface area (Å²) in [6, 6.07) is 5.48. The second-order valence-corrected chi connectivity index (χ2v) is 6.84. The molecule has 0 spiro atoms. The normalized spacial score (nSPS) is 10.7. The maximum atomic E-state index is 6.39. The van der Waals surface area contributed by atoms with Crippen molar-refractivity contribution in [1.82, 2.24) is 9.97 Å². The van der Waals surface area contributed by atoms with E-state index in [0.717, 1.165) is 21.8 Å². The molecule has 0 fully saturated rings. The number of fused-ring (bicyclic) bond motifs is 1. The molecule has 0 unspecified atom stereocenters. The SMILES string of the molecule is CC.COc1ccc2c(Cl)cc(-c3nc(C(C)C)cs3)nc2c1Cl. The molecule has 2 aromatic heterocycles. The van der Waals surface area contributed by atoms with Gasteiger partial charge in [-0.05, 0) is 24.1 Å². The number of nitrogens with zero attached hydrogens (tertiary/aromatic N) is 2. The molecular formula is C18H20Cl2N2OS. The Morgan fingerprint density at radius 2 is 1.83 bits per heavy atom. The summed E-state index contributed by atoms with van der Waals surface area (Å²) in [7, 11) is 1.58. The Hall–Kier alpha value is -1.36. The van der Waals surface area contributed by atoms with Gasteiger partial charge in [0.05, 0.1) is 23.3 Å². The van der Waals surface area contributed by atoms with Crippen molar-refractivity contribution >= 4 is 45.4 Å². The van der Waals surface area contributed by atoms with Crippen LogP contribution in [0.15, 0.2) is 23.6 Å². The van der Waals surface area contributed by atoms with E-state index in [-0.39, 0.29) is 0 Å². The summed E-state index contributed by atoms with van der Waals surface area (Å²) < 4.78 is 5.25. The van der Waals surface area contributed by atoms with Gasteiger partial charge in [-0.25, -0.2) is 9.97 Å². The summed E-state index contributed by atoms with van der Waals surface area (Å²) in [4.78, 5) is 9.26. The smallest absolute Gasteiger partial charge is 0.142 e. The molecule has 1 aromatic carbocycles. The summed E-state index contributed by atoms with van der Waals surface area (Å²) in [5.41, 5.74) is 2.41. The Morgan fingerprint density at radius 1 is 1.12 bits per heavy atom. The van der Waals surface area contributed by atoms with Crippen LogP contribution in [0.25, 0.3) is 21.6 Å². The molecule has 0 bridgehead atoms.